The molecule has 0 aliphatic carbocycles. The van der Waals surface area contributed by atoms with Crippen LogP contribution in [0.4, 0.5) is 5.82 Å². The maximum absolute atomic E-state index is 11.0. The lowest BCUT2D eigenvalue weighted by Gasteiger charge is -2.26. The smallest absolute Gasteiger partial charge is 0.337 e. The van der Waals surface area contributed by atoms with Crippen LogP contribution in [-0.2, 0) is 0 Å². The summed E-state index contributed by atoms with van der Waals surface area (Å²) in [4.78, 5) is 17.7. The van der Waals surface area contributed by atoms with Gasteiger partial charge in [-0.15, -0.1) is 0 Å². The van der Waals surface area contributed by atoms with E-state index in [2.05, 4.69) is 23.7 Å². The maximum Gasteiger partial charge on any atom is 0.337 e. The van der Waals surface area contributed by atoms with E-state index in [1.807, 2.05) is 6.07 Å². The summed E-state index contributed by atoms with van der Waals surface area (Å²) in [6, 6.07) is 3.50. The lowest BCUT2D eigenvalue weighted by atomic mass is 9.82. The van der Waals surface area contributed by atoms with Crippen molar-refractivity contribution in [2.24, 2.45) is 5.41 Å². The third-order valence-corrected chi connectivity index (χ3v) is 4.56. The van der Waals surface area contributed by atoms with Crippen LogP contribution in [0.3, 0.4) is 0 Å². The van der Waals surface area contributed by atoms with Crippen molar-refractivity contribution in [2.75, 3.05) is 18.0 Å². The fourth-order valence-electron chi connectivity index (χ4n) is 2.91. The molecule has 1 aliphatic rings. The first-order valence-corrected chi connectivity index (χ1v) is 6.97. The summed E-state index contributed by atoms with van der Waals surface area (Å²) in [6.45, 7) is 8.30. The van der Waals surface area contributed by atoms with Crippen LogP contribution in [0.5, 0.6) is 0 Å². The van der Waals surface area contributed by atoms with Crippen LogP contribution in [0.1, 0.15) is 49.2 Å². The first kappa shape index (κ1) is 13.8. The number of carboxylic acid groups (broad SMARTS) is 1. The van der Waals surface area contributed by atoms with Gasteiger partial charge in [0.15, 0.2) is 0 Å². The predicted octanol–water partition coefficient (Wildman–Crippen LogP) is 3.10. The Bertz CT molecular complexity index is 481. The van der Waals surface area contributed by atoms with Gasteiger partial charge < -0.3 is 10.0 Å². The van der Waals surface area contributed by atoms with E-state index in [1.54, 1.807) is 13.0 Å². The minimum Gasteiger partial charge on any atom is -0.478 e. The Hall–Kier alpha value is -1.58. The summed E-state index contributed by atoms with van der Waals surface area (Å²) in [5, 5.41) is 9.03. The number of carboxylic acids is 1. The van der Waals surface area contributed by atoms with E-state index < -0.39 is 5.97 Å². The Morgan fingerprint density at radius 2 is 2.11 bits per heavy atom. The minimum absolute atomic E-state index is 0.292. The summed E-state index contributed by atoms with van der Waals surface area (Å²) in [7, 11) is 0. The quantitative estimate of drug-likeness (QED) is 0.906. The number of aromatic nitrogens is 1. The van der Waals surface area contributed by atoms with Crippen molar-refractivity contribution < 1.29 is 9.90 Å². The highest BCUT2D eigenvalue weighted by atomic mass is 16.4. The molecule has 1 aliphatic heterocycles. The van der Waals surface area contributed by atoms with Crippen LogP contribution in [0.15, 0.2) is 12.1 Å². The first-order valence-electron chi connectivity index (χ1n) is 6.97. The second-order valence-corrected chi connectivity index (χ2v) is 5.49. The SMILES string of the molecule is CCC1(CC)CCN(c2ccc(C(=O)O)c(C)n2)C1. The van der Waals surface area contributed by atoms with E-state index in [0.29, 0.717) is 16.7 Å². The Morgan fingerprint density at radius 3 is 2.58 bits per heavy atom. The number of hydrogen-bond donors (Lipinski definition) is 1. The number of aromatic carboxylic acids is 1. The highest BCUT2D eigenvalue weighted by Crippen LogP contribution is 2.38. The Labute approximate surface area is 114 Å². The molecule has 0 bridgehead atoms. The molecule has 1 aromatic heterocycles. The highest BCUT2D eigenvalue weighted by Gasteiger charge is 2.35. The fourth-order valence-corrected chi connectivity index (χ4v) is 2.91. The van der Waals surface area contributed by atoms with Gasteiger partial charge in [-0.2, -0.15) is 0 Å². The topological polar surface area (TPSA) is 53.4 Å². The molecule has 1 aromatic rings. The normalized spacial score (nSPS) is 17.7. The molecule has 1 fully saturated rings. The Morgan fingerprint density at radius 1 is 1.42 bits per heavy atom. The van der Waals surface area contributed by atoms with Crippen LogP contribution >= 0.6 is 0 Å². The van der Waals surface area contributed by atoms with Gasteiger partial charge >= 0.3 is 5.97 Å². The second-order valence-electron chi connectivity index (χ2n) is 5.49. The molecule has 4 nitrogen and oxygen atoms in total. The van der Waals surface area contributed by atoms with E-state index in [4.69, 9.17) is 5.11 Å². The fraction of sp³-hybridized carbons (Fsp3) is 0.600. The van der Waals surface area contributed by atoms with Crippen LogP contribution in [0.25, 0.3) is 0 Å². The summed E-state index contributed by atoms with van der Waals surface area (Å²) >= 11 is 0. The van der Waals surface area contributed by atoms with E-state index in [-0.39, 0.29) is 0 Å². The number of rotatable bonds is 4. The summed E-state index contributed by atoms with van der Waals surface area (Å²) in [5.74, 6) is 0.000658. The molecule has 2 heterocycles. The monoisotopic (exact) mass is 262 g/mol. The zero-order valence-electron chi connectivity index (χ0n) is 11.9. The molecule has 0 atom stereocenters. The minimum atomic E-state index is -0.908. The second kappa shape index (κ2) is 5.19. The van der Waals surface area contributed by atoms with Crippen molar-refractivity contribution in [3.8, 4) is 0 Å². The van der Waals surface area contributed by atoms with Gasteiger partial charge in [-0.05, 0) is 43.7 Å². The van der Waals surface area contributed by atoms with E-state index in [1.165, 1.54) is 19.3 Å². The number of hydrogen-bond acceptors (Lipinski definition) is 3. The molecule has 0 amide bonds. The van der Waals surface area contributed by atoms with Gasteiger partial charge in [-0.25, -0.2) is 9.78 Å². The molecule has 104 valence electrons. The third-order valence-electron chi connectivity index (χ3n) is 4.56. The van der Waals surface area contributed by atoms with Gasteiger partial charge in [-0.1, -0.05) is 13.8 Å². The summed E-state index contributed by atoms with van der Waals surface area (Å²) in [5.41, 5.74) is 1.29. The zero-order valence-corrected chi connectivity index (χ0v) is 11.9. The van der Waals surface area contributed by atoms with E-state index in [9.17, 15) is 4.79 Å². The van der Waals surface area contributed by atoms with E-state index >= 15 is 0 Å². The molecule has 1 N–H and O–H groups in total. The number of nitrogens with zero attached hydrogens (tertiary/aromatic N) is 2. The van der Waals surface area contributed by atoms with Gasteiger partial charge in [0.1, 0.15) is 5.82 Å². The van der Waals surface area contributed by atoms with Crippen molar-refractivity contribution >= 4 is 11.8 Å². The number of aryl methyl sites for hydroxylation is 1. The summed E-state index contributed by atoms with van der Waals surface area (Å²) < 4.78 is 0. The lowest BCUT2D eigenvalue weighted by molar-refractivity contribution is 0.0695. The van der Waals surface area contributed by atoms with Crippen molar-refractivity contribution in [3.05, 3.63) is 23.4 Å². The average molecular weight is 262 g/mol. The standard InChI is InChI=1S/C15H22N2O2/c1-4-15(5-2)8-9-17(10-15)13-7-6-12(14(18)19)11(3)16-13/h6-7H,4-5,8-10H2,1-3H3,(H,18,19). The Balaban J connectivity index is 2.21. The predicted molar refractivity (Wildman–Crippen MR) is 75.8 cm³/mol. The van der Waals surface area contributed by atoms with Gasteiger partial charge in [0.25, 0.3) is 0 Å². The number of pyridine rings is 1. The molecular weight excluding hydrogens is 240 g/mol. The molecule has 0 radical (unpaired) electrons. The molecule has 0 spiro atoms. The third kappa shape index (κ3) is 2.57. The van der Waals surface area contributed by atoms with Crippen molar-refractivity contribution in [1.29, 1.82) is 0 Å². The molecule has 19 heavy (non-hydrogen) atoms. The largest absolute Gasteiger partial charge is 0.478 e. The van der Waals surface area contributed by atoms with Crippen molar-refractivity contribution in [3.63, 3.8) is 0 Å². The number of carbonyl (C=O) groups is 1. The molecule has 4 heteroatoms. The van der Waals surface area contributed by atoms with Crippen LogP contribution in [0.2, 0.25) is 0 Å². The van der Waals surface area contributed by atoms with Crippen LogP contribution in [0, 0.1) is 12.3 Å². The Kier molecular flexibility index (Phi) is 3.78. The lowest BCUT2D eigenvalue weighted by Crippen LogP contribution is -2.27. The molecule has 1 saturated heterocycles. The highest BCUT2D eigenvalue weighted by molar-refractivity contribution is 5.89. The van der Waals surface area contributed by atoms with Gasteiger partial charge in [0.2, 0.25) is 0 Å². The molecule has 0 aromatic carbocycles. The molecule has 0 unspecified atom stereocenters. The van der Waals surface area contributed by atoms with Crippen molar-refractivity contribution in [2.45, 2.75) is 40.0 Å². The first-order chi connectivity index (χ1) is 9.01. The zero-order chi connectivity index (χ0) is 14.0. The maximum atomic E-state index is 11.0. The molecule has 2 rings (SSSR count). The van der Waals surface area contributed by atoms with Gasteiger partial charge in [0.05, 0.1) is 11.3 Å². The van der Waals surface area contributed by atoms with Crippen molar-refractivity contribution in [1.82, 2.24) is 4.98 Å². The average Bonchev–Trinajstić information content (AvgIpc) is 2.83. The molecule has 0 saturated carbocycles. The van der Waals surface area contributed by atoms with E-state index in [0.717, 1.165) is 18.9 Å². The number of anilines is 1. The van der Waals surface area contributed by atoms with Gasteiger partial charge in [0, 0.05) is 13.1 Å². The van der Waals surface area contributed by atoms with Crippen LogP contribution in [-0.4, -0.2) is 29.1 Å². The molecular formula is C15H22N2O2. The van der Waals surface area contributed by atoms with Gasteiger partial charge in [-0.3, -0.25) is 0 Å². The summed E-state index contributed by atoms with van der Waals surface area (Å²) in [6.07, 6.45) is 3.57. The van der Waals surface area contributed by atoms with Crippen LogP contribution < -0.4 is 4.90 Å².